The van der Waals surface area contributed by atoms with Gasteiger partial charge in [0, 0.05) is 41.0 Å². The van der Waals surface area contributed by atoms with Gasteiger partial charge in [0.15, 0.2) is 0 Å². The third kappa shape index (κ3) is 3.07. The van der Waals surface area contributed by atoms with Crippen LogP contribution in [0.2, 0.25) is 0 Å². The highest BCUT2D eigenvalue weighted by atomic mass is 79.9. The van der Waals surface area contributed by atoms with Gasteiger partial charge in [-0.2, -0.15) is 5.10 Å². The molecule has 0 unspecified atom stereocenters. The van der Waals surface area contributed by atoms with Crippen molar-refractivity contribution in [2.45, 2.75) is 27.3 Å². The van der Waals surface area contributed by atoms with Gasteiger partial charge >= 0.3 is 0 Å². The van der Waals surface area contributed by atoms with Crippen molar-refractivity contribution in [1.82, 2.24) is 9.78 Å². The molecule has 1 N–H and O–H groups in total. The normalized spacial score (nSPS) is 10.7. The lowest BCUT2D eigenvalue weighted by atomic mass is 10.1. The molecule has 1 heterocycles. The molecule has 2 rings (SSSR count). The van der Waals surface area contributed by atoms with Crippen LogP contribution in [0.15, 0.2) is 16.6 Å². The zero-order chi connectivity index (χ0) is 15.7. The molecule has 0 atom stereocenters. The number of nitrogens with one attached hydrogen (secondary N) is 1. The molecule has 7 heteroatoms. The minimum atomic E-state index is -0.368. The van der Waals surface area contributed by atoms with Gasteiger partial charge in [-0.3, -0.25) is 14.8 Å². The lowest BCUT2D eigenvalue weighted by Gasteiger charge is -2.10. The van der Waals surface area contributed by atoms with Crippen molar-refractivity contribution in [3.8, 4) is 0 Å². The summed E-state index contributed by atoms with van der Waals surface area (Å²) in [5.74, 6) is 0. The molecule has 0 amide bonds. The first-order valence-corrected chi connectivity index (χ1v) is 7.28. The van der Waals surface area contributed by atoms with Crippen LogP contribution in [0.4, 0.5) is 11.4 Å². The van der Waals surface area contributed by atoms with E-state index >= 15 is 0 Å². The van der Waals surface area contributed by atoms with Gasteiger partial charge in [-0.15, -0.1) is 0 Å². The smallest absolute Gasteiger partial charge is 0.274 e. The SMILES string of the molecule is Cc1cc(Br)c(NCc2c(C)nn(C)c2C)cc1[N+](=O)[O-]. The van der Waals surface area contributed by atoms with Crippen LogP contribution in [0.1, 0.15) is 22.5 Å². The molecule has 0 aliphatic rings. The van der Waals surface area contributed by atoms with Crippen molar-refractivity contribution in [3.05, 3.63) is 49.2 Å². The molecule has 0 bridgehead atoms. The van der Waals surface area contributed by atoms with Crippen LogP contribution in [0.25, 0.3) is 0 Å². The summed E-state index contributed by atoms with van der Waals surface area (Å²) >= 11 is 3.44. The second-order valence-corrected chi connectivity index (χ2v) is 5.86. The fourth-order valence-corrected chi connectivity index (χ4v) is 2.85. The van der Waals surface area contributed by atoms with Gasteiger partial charge in [0.2, 0.25) is 0 Å². The van der Waals surface area contributed by atoms with Crippen molar-refractivity contribution >= 4 is 27.3 Å². The number of rotatable bonds is 4. The van der Waals surface area contributed by atoms with Crippen LogP contribution in [0.3, 0.4) is 0 Å². The van der Waals surface area contributed by atoms with Crippen LogP contribution < -0.4 is 5.32 Å². The molecular weight excluding hydrogens is 336 g/mol. The Hall–Kier alpha value is -1.89. The Balaban J connectivity index is 2.28. The third-order valence-electron chi connectivity index (χ3n) is 3.60. The maximum absolute atomic E-state index is 11.0. The molecule has 112 valence electrons. The number of anilines is 1. The second kappa shape index (κ2) is 5.85. The van der Waals surface area contributed by atoms with Gasteiger partial charge in [0.05, 0.1) is 16.3 Å². The highest BCUT2D eigenvalue weighted by Crippen LogP contribution is 2.31. The molecule has 0 saturated carbocycles. The van der Waals surface area contributed by atoms with E-state index < -0.39 is 0 Å². The summed E-state index contributed by atoms with van der Waals surface area (Å²) in [5, 5.41) is 18.6. The van der Waals surface area contributed by atoms with E-state index in [1.54, 1.807) is 19.1 Å². The summed E-state index contributed by atoms with van der Waals surface area (Å²) in [5.41, 5.74) is 4.59. The quantitative estimate of drug-likeness (QED) is 0.673. The average molecular weight is 353 g/mol. The first kappa shape index (κ1) is 15.5. The molecule has 1 aromatic carbocycles. The maximum Gasteiger partial charge on any atom is 0.274 e. The summed E-state index contributed by atoms with van der Waals surface area (Å²) < 4.78 is 2.64. The van der Waals surface area contributed by atoms with Gasteiger partial charge in [-0.1, -0.05) is 0 Å². The van der Waals surface area contributed by atoms with Crippen molar-refractivity contribution in [3.63, 3.8) is 0 Å². The lowest BCUT2D eigenvalue weighted by Crippen LogP contribution is -2.04. The molecule has 0 saturated heterocycles. The fraction of sp³-hybridized carbons (Fsp3) is 0.357. The van der Waals surface area contributed by atoms with E-state index in [9.17, 15) is 10.1 Å². The Morgan fingerprint density at radius 2 is 2.05 bits per heavy atom. The van der Waals surface area contributed by atoms with Crippen LogP contribution in [-0.2, 0) is 13.6 Å². The summed E-state index contributed by atoms with van der Waals surface area (Å²) in [6.07, 6.45) is 0. The number of hydrogen-bond donors (Lipinski definition) is 1. The van der Waals surface area contributed by atoms with Crippen LogP contribution in [-0.4, -0.2) is 14.7 Å². The summed E-state index contributed by atoms with van der Waals surface area (Å²) in [6.45, 7) is 6.26. The topological polar surface area (TPSA) is 73.0 Å². The number of aromatic nitrogens is 2. The van der Waals surface area contributed by atoms with Crippen LogP contribution in [0.5, 0.6) is 0 Å². The average Bonchev–Trinajstić information content (AvgIpc) is 2.62. The predicted molar refractivity (Wildman–Crippen MR) is 85.5 cm³/mol. The monoisotopic (exact) mass is 352 g/mol. The molecule has 6 nitrogen and oxygen atoms in total. The van der Waals surface area contributed by atoms with E-state index in [2.05, 4.69) is 26.3 Å². The number of aryl methyl sites for hydroxylation is 3. The van der Waals surface area contributed by atoms with E-state index in [-0.39, 0.29) is 10.6 Å². The molecule has 1 aromatic heterocycles. The highest BCUT2D eigenvalue weighted by molar-refractivity contribution is 9.10. The first-order valence-electron chi connectivity index (χ1n) is 6.48. The summed E-state index contributed by atoms with van der Waals surface area (Å²) in [7, 11) is 1.90. The molecule has 0 radical (unpaired) electrons. The second-order valence-electron chi connectivity index (χ2n) is 5.00. The van der Waals surface area contributed by atoms with Crippen LogP contribution >= 0.6 is 15.9 Å². The zero-order valence-electron chi connectivity index (χ0n) is 12.4. The Bertz CT molecular complexity index is 709. The molecule has 0 fully saturated rings. The number of hydrogen-bond acceptors (Lipinski definition) is 4. The standard InChI is InChI=1S/C14H17BrN4O2/c1-8-5-12(15)13(6-14(8)19(20)21)16-7-11-9(2)17-18(4)10(11)3/h5-6,16H,7H2,1-4H3. The molecule has 0 aliphatic heterocycles. The predicted octanol–water partition coefficient (Wildman–Crippen LogP) is 3.63. The van der Waals surface area contributed by atoms with Crippen molar-refractivity contribution in [1.29, 1.82) is 0 Å². The number of halogens is 1. The fourth-order valence-electron chi connectivity index (χ4n) is 2.25. The minimum Gasteiger partial charge on any atom is -0.380 e. The largest absolute Gasteiger partial charge is 0.380 e. The Kier molecular flexibility index (Phi) is 4.32. The molecular formula is C14H17BrN4O2. The van der Waals surface area contributed by atoms with Crippen molar-refractivity contribution in [2.75, 3.05) is 5.32 Å². The molecule has 0 aliphatic carbocycles. The number of nitro benzene ring substituents is 1. The minimum absolute atomic E-state index is 0.111. The van der Waals surface area contributed by atoms with E-state index in [4.69, 9.17) is 0 Å². The number of nitro groups is 1. The Labute approximate surface area is 131 Å². The van der Waals surface area contributed by atoms with Gasteiger partial charge in [-0.25, -0.2) is 0 Å². The summed E-state index contributed by atoms with van der Waals surface area (Å²) in [6, 6.07) is 3.31. The van der Waals surface area contributed by atoms with Gasteiger partial charge < -0.3 is 5.32 Å². The zero-order valence-corrected chi connectivity index (χ0v) is 14.0. The van der Waals surface area contributed by atoms with Gasteiger partial charge in [-0.05, 0) is 42.8 Å². The number of benzene rings is 1. The molecule has 21 heavy (non-hydrogen) atoms. The van der Waals surface area contributed by atoms with Crippen LogP contribution in [0, 0.1) is 30.9 Å². The van der Waals surface area contributed by atoms with Gasteiger partial charge in [0.1, 0.15) is 0 Å². The third-order valence-corrected chi connectivity index (χ3v) is 4.25. The van der Waals surface area contributed by atoms with Gasteiger partial charge in [0.25, 0.3) is 5.69 Å². The highest BCUT2D eigenvalue weighted by Gasteiger charge is 2.15. The van der Waals surface area contributed by atoms with E-state index in [1.807, 2.05) is 25.6 Å². The molecule has 0 spiro atoms. The summed E-state index contributed by atoms with van der Waals surface area (Å²) in [4.78, 5) is 10.7. The maximum atomic E-state index is 11.0. The molecule has 2 aromatic rings. The Morgan fingerprint density at radius 1 is 1.38 bits per heavy atom. The van der Waals surface area contributed by atoms with E-state index in [1.165, 1.54) is 0 Å². The van der Waals surface area contributed by atoms with E-state index in [0.717, 1.165) is 21.4 Å². The first-order chi connectivity index (χ1) is 9.81. The Morgan fingerprint density at radius 3 is 2.57 bits per heavy atom. The van der Waals surface area contributed by atoms with Crippen molar-refractivity contribution < 1.29 is 4.92 Å². The van der Waals surface area contributed by atoms with E-state index in [0.29, 0.717) is 17.8 Å². The lowest BCUT2D eigenvalue weighted by molar-refractivity contribution is -0.385. The van der Waals surface area contributed by atoms with Crippen molar-refractivity contribution in [2.24, 2.45) is 7.05 Å². The number of nitrogens with zero attached hydrogens (tertiary/aromatic N) is 3.